The SMILES string of the molecule is C#CC.C#CC(C)(C)NC.CNC. The quantitative estimate of drug-likeness (QED) is 0.593. The van der Waals surface area contributed by atoms with Crippen molar-refractivity contribution in [3.05, 3.63) is 0 Å². The van der Waals surface area contributed by atoms with Crippen LogP contribution in [0.5, 0.6) is 0 Å². The molecule has 0 aromatic heterocycles. The maximum absolute atomic E-state index is 5.10. The van der Waals surface area contributed by atoms with Crippen molar-refractivity contribution in [1.82, 2.24) is 10.6 Å². The molecule has 0 fully saturated rings. The fourth-order valence-corrected chi connectivity index (χ4v) is 0.0722. The van der Waals surface area contributed by atoms with E-state index < -0.39 is 0 Å². The zero-order chi connectivity index (χ0) is 11.3. The van der Waals surface area contributed by atoms with Crippen LogP contribution in [0.2, 0.25) is 0 Å². The Kier molecular flexibility index (Phi) is 18.8. The van der Waals surface area contributed by atoms with Gasteiger partial charge in [-0.05, 0) is 41.9 Å². The summed E-state index contributed by atoms with van der Waals surface area (Å²) in [6.07, 6.45) is 9.70. The van der Waals surface area contributed by atoms with Crippen molar-refractivity contribution in [1.29, 1.82) is 0 Å². The predicted octanol–water partition coefficient (Wildman–Crippen LogP) is 1.09. The topological polar surface area (TPSA) is 24.1 Å². The minimum absolute atomic E-state index is 0.139. The fraction of sp³-hybridized carbons (Fsp3) is 0.636. The van der Waals surface area contributed by atoms with E-state index in [4.69, 9.17) is 6.42 Å². The molecule has 0 heterocycles. The third kappa shape index (κ3) is 35.5. The van der Waals surface area contributed by atoms with Gasteiger partial charge in [0.05, 0.1) is 5.54 Å². The summed E-state index contributed by atoms with van der Waals surface area (Å²) in [5, 5.41) is 5.70. The molecule has 13 heavy (non-hydrogen) atoms. The highest BCUT2D eigenvalue weighted by atomic mass is 14.9. The van der Waals surface area contributed by atoms with E-state index in [1.807, 2.05) is 35.0 Å². The van der Waals surface area contributed by atoms with Crippen molar-refractivity contribution in [3.63, 3.8) is 0 Å². The number of hydrogen-bond donors (Lipinski definition) is 2. The van der Waals surface area contributed by atoms with Gasteiger partial charge in [-0.2, -0.15) is 0 Å². The molecule has 0 saturated carbocycles. The average Bonchev–Trinajstić information content (AvgIpc) is 2.08. The molecule has 0 amide bonds. The van der Waals surface area contributed by atoms with Crippen LogP contribution in [0.25, 0.3) is 0 Å². The monoisotopic (exact) mass is 182 g/mol. The van der Waals surface area contributed by atoms with E-state index in [9.17, 15) is 0 Å². The van der Waals surface area contributed by atoms with Crippen LogP contribution in [0, 0.1) is 24.7 Å². The van der Waals surface area contributed by atoms with Crippen LogP contribution in [-0.2, 0) is 0 Å². The van der Waals surface area contributed by atoms with Crippen LogP contribution in [0.15, 0.2) is 0 Å². The molecule has 0 aliphatic rings. The molecular weight excluding hydrogens is 160 g/mol. The van der Waals surface area contributed by atoms with Gasteiger partial charge in [-0.1, -0.05) is 5.92 Å². The van der Waals surface area contributed by atoms with Gasteiger partial charge in [0.15, 0.2) is 0 Å². The van der Waals surface area contributed by atoms with Gasteiger partial charge in [-0.25, -0.2) is 0 Å². The minimum atomic E-state index is -0.139. The summed E-state index contributed by atoms with van der Waals surface area (Å²) in [7, 11) is 5.60. The molecule has 0 aromatic carbocycles. The standard InChI is InChI=1S/C6H11N.C3H4.C2H7N/c1-5-6(2,3)7-4;2*1-3-2/h1,7H,2-4H3;1H,2H3;3H,1-2H3. The second kappa shape index (κ2) is 13.6. The molecule has 0 bridgehead atoms. The molecule has 0 saturated heterocycles. The van der Waals surface area contributed by atoms with E-state index in [0.29, 0.717) is 0 Å². The number of hydrogen-bond acceptors (Lipinski definition) is 2. The van der Waals surface area contributed by atoms with Gasteiger partial charge in [-0.15, -0.1) is 18.8 Å². The minimum Gasteiger partial charge on any atom is -0.323 e. The zero-order valence-corrected chi connectivity index (χ0v) is 9.65. The van der Waals surface area contributed by atoms with Crippen molar-refractivity contribution in [2.45, 2.75) is 26.3 Å². The highest BCUT2D eigenvalue weighted by molar-refractivity contribution is 5.06. The Hall–Kier alpha value is -0.960. The first-order valence-electron chi connectivity index (χ1n) is 4.08. The third-order valence-electron chi connectivity index (χ3n) is 0.986. The summed E-state index contributed by atoms with van der Waals surface area (Å²) in [5.74, 6) is 4.83. The summed E-state index contributed by atoms with van der Waals surface area (Å²) in [5.41, 5.74) is -0.139. The summed E-state index contributed by atoms with van der Waals surface area (Å²) in [6, 6.07) is 0. The molecule has 0 spiro atoms. The first-order valence-corrected chi connectivity index (χ1v) is 4.08. The van der Waals surface area contributed by atoms with Crippen LogP contribution in [0.1, 0.15) is 20.8 Å². The normalized spacial score (nSPS) is 7.69. The Balaban J connectivity index is -0.000000140. The maximum atomic E-state index is 5.10. The second-order valence-corrected chi connectivity index (χ2v) is 2.81. The van der Waals surface area contributed by atoms with E-state index in [1.54, 1.807) is 6.92 Å². The first-order chi connectivity index (χ1) is 5.95. The third-order valence-corrected chi connectivity index (χ3v) is 0.986. The van der Waals surface area contributed by atoms with Gasteiger partial charge in [0.25, 0.3) is 0 Å². The van der Waals surface area contributed by atoms with Crippen molar-refractivity contribution in [3.8, 4) is 24.7 Å². The molecule has 2 heteroatoms. The van der Waals surface area contributed by atoms with Crippen LogP contribution in [0.4, 0.5) is 0 Å². The van der Waals surface area contributed by atoms with Gasteiger partial charge in [-0.3, -0.25) is 0 Å². The highest BCUT2D eigenvalue weighted by Crippen LogP contribution is 1.94. The van der Waals surface area contributed by atoms with E-state index in [2.05, 4.69) is 28.9 Å². The number of terminal acetylenes is 2. The van der Waals surface area contributed by atoms with Crippen LogP contribution in [0.3, 0.4) is 0 Å². The largest absolute Gasteiger partial charge is 0.323 e. The van der Waals surface area contributed by atoms with Crippen molar-refractivity contribution in [2.24, 2.45) is 0 Å². The molecule has 0 unspecified atom stereocenters. The molecule has 0 atom stereocenters. The van der Waals surface area contributed by atoms with E-state index in [-0.39, 0.29) is 5.54 Å². The smallest absolute Gasteiger partial charge is 0.0738 e. The Morgan fingerprint density at radius 1 is 1.08 bits per heavy atom. The summed E-state index contributed by atoms with van der Waals surface area (Å²) in [6.45, 7) is 5.56. The van der Waals surface area contributed by atoms with Gasteiger partial charge in [0.2, 0.25) is 0 Å². The Morgan fingerprint density at radius 2 is 1.31 bits per heavy atom. The summed E-state index contributed by atoms with van der Waals surface area (Å²) < 4.78 is 0. The van der Waals surface area contributed by atoms with Gasteiger partial charge < -0.3 is 10.6 Å². The Bertz CT molecular complexity index is 158. The van der Waals surface area contributed by atoms with Crippen molar-refractivity contribution in [2.75, 3.05) is 21.1 Å². The summed E-state index contributed by atoms with van der Waals surface area (Å²) in [4.78, 5) is 0. The summed E-state index contributed by atoms with van der Waals surface area (Å²) >= 11 is 0. The van der Waals surface area contributed by atoms with E-state index in [0.717, 1.165) is 0 Å². The lowest BCUT2D eigenvalue weighted by atomic mass is 10.1. The van der Waals surface area contributed by atoms with Crippen LogP contribution in [-0.4, -0.2) is 26.7 Å². The highest BCUT2D eigenvalue weighted by Gasteiger charge is 2.06. The van der Waals surface area contributed by atoms with E-state index >= 15 is 0 Å². The molecule has 0 aliphatic carbocycles. The molecule has 2 N–H and O–H groups in total. The van der Waals surface area contributed by atoms with Gasteiger partial charge in [0, 0.05) is 0 Å². The number of rotatable bonds is 1. The van der Waals surface area contributed by atoms with Gasteiger partial charge >= 0.3 is 0 Å². The molecular formula is C11H22N2. The number of nitrogens with one attached hydrogen (secondary N) is 2. The van der Waals surface area contributed by atoms with Crippen molar-refractivity contribution < 1.29 is 0 Å². The Morgan fingerprint density at radius 3 is 1.31 bits per heavy atom. The lowest BCUT2D eigenvalue weighted by molar-refractivity contribution is 0.548. The zero-order valence-electron chi connectivity index (χ0n) is 9.65. The average molecular weight is 182 g/mol. The molecule has 0 aliphatic heterocycles. The van der Waals surface area contributed by atoms with E-state index in [1.165, 1.54) is 0 Å². The molecule has 0 aromatic rings. The van der Waals surface area contributed by atoms with Crippen molar-refractivity contribution >= 4 is 0 Å². The van der Waals surface area contributed by atoms with Crippen LogP contribution < -0.4 is 10.6 Å². The lowest BCUT2D eigenvalue weighted by Crippen LogP contribution is -2.33. The van der Waals surface area contributed by atoms with Gasteiger partial charge in [0.1, 0.15) is 0 Å². The molecule has 0 radical (unpaired) electrons. The predicted molar refractivity (Wildman–Crippen MR) is 61.5 cm³/mol. The fourth-order valence-electron chi connectivity index (χ4n) is 0.0722. The first kappa shape index (κ1) is 18.0. The second-order valence-electron chi connectivity index (χ2n) is 2.81. The maximum Gasteiger partial charge on any atom is 0.0738 e. The Labute approximate surface area is 83.5 Å². The molecule has 76 valence electrons. The lowest BCUT2D eigenvalue weighted by Gasteiger charge is -2.14. The molecule has 2 nitrogen and oxygen atoms in total. The molecule has 0 rings (SSSR count). The van der Waals surface area contributed by atoms with Crippen LogP contribution >= 0.6 is 0 Å².